The van der Waals surface area contributed by atoms with Gasteiger partial charge in [0.15, 0.2) is 17.3 Å². The van der Waals surface area contributed by atoms with Crippen LogP contribution in [-0.2, 0) is 19.7 Å². The van der Waals surface area contributed by atoms with E-state index in [0.717, 1.165) is 37.1 Å². The van der Waals surface area contributed by atoms with Crippen LogP contribution >= 0.6 is 11.6 Å². The summed E-state index contributed by atoms with van der Waals surface area (Å²) < 4.78 is 30.6. The Morgan fingerprint density at radius 2 is 1.47 bits per heavy atom. The number of allylic oxidation sites excluding steroid dienone is 4. The van der Waals surface area contributed by atoms with Crippen molar-refractivity contribution in [1.29, 1.82) is 0 Å². The van der Waals surface area contributed by atoms with E-state index in [2.05, 4.69) is 0 Å². The van der Waals surface area contributed by atoms with E-state index < -0.39 is 16.0 Å². The van der Waals surface area contributed by atoms with E-state index in [0.29, 0.717) is 29.6 Å². The smallest absolute Gasteiger partial charge is 0.339 e. The number of carbonyl (C=O) groups excluding carboxylic acids is 2. The molecule has 0 fully saturated rings. The second kappa shape index (κ2) is 8.71. The first-order valence-corrected chi connectivity index (χ1v) is 13.1. The molecule has 0 unspecified atom stereocenters. The molecular weight excluding hydrogens is 474 g/mol. The predicted molar refractivity (Wildman–Crippen MR) is 128 cm³/mol. The molecule has 176 valence electrons. The Labute approximate surface area is 204 Å². The molecule has 0 radical (unpaired) electrons. The van der Waals surface area contributed by atoms with Gasteiger partial charge in [0.05, 0.1) is 5.02 Å². The minimum Gasteiger partial charge on any atom is -0.377 e. The van der Waals surface area contributed by atoms with Crippen LogP contribution in [0.2, 0.25) is 5.02 Å². The highest BCUT2D eigenvalue weighted by atomic mass is 35.5. The van der Waals surface area contributed by atoms with Gasteiger partial charge in [0.2, 0.25) is 0 Å². The summed E-state index contributed by atoms with van der Waals surface area (Å²) in [5.74, 6) is -0.410. The fourth-order valence-corrected chi connectivity index (χ4v) is 6.45. The fraction of sp³-hybridized carbons (Fsp3) is 0.308. The van der Waals surface area contributed by atoms with Crippen LogP contribution < -0.4 is 4.18 Å². The van der Waals surface area contributed by atoms with Crippen molar-refractivity contribution < 1.29 is 22.2 Å². The molecular formula is C26H24ClNO5S. The second-order valence-electron chi connectivity index (χ2n) is 8.81. The van der Waals surface area contributed by atoms with Gasteiger partial charge in [0.25, 0.3) is 0 Å². The quantitative estimate of drug-likeness (QED) is 0.543. The van der Waals surface area contributed by atoms with Crippen LogP contribution in [0.1, 0.15) is 50.0 Å². The summed E-state index contributed by atoms with van der Waals surface area (Å²) >= 11 is 6.49. The zero-order valence-electron chi connectivity index (χ0n) is 18.7. The Bertz CT molecular complexity index is 1320. The number of halogens is 1. The summed E-state index contributed by atoms with van der Waals surface area (Å²) in [4.78, 5) is 28.2. The summed E-state index contributed by atoms with van der Waals surface area (Å²) in [6.07, 6.45) is 4.04. The first-order chi connectivity index (χ1) is 16.3. The first-order valence-electron chi connectivity index (χ1n) is 11.3. The van der Waals surface area contributed by atoms with Crippen molar-refractivity contribution in [1.82, 2.24) is 4.90 Å². The van der Waals surface area contributed by atoms with Gasteiger partial charge in [-0.1, -0.05) is 35.9 Å². The molecule has 6 nitrogen and oxygen atoms in total. The molecule has 2 aromatic carbocycles. The van der Waals surface area contributed by atoms with Crippen LogP contribution in [0.3, 0.4) is 0 Å². The van der Waals surface area contributed by atoms with E-state index in [1.807, 2.05) is 11.9 Å². The lowest BCUT2D eigenvalue weighted by atomic mass is 9.71. The third-order valence-corrected chi connectivity index (χ3v) is 8.31. The molecule has 1 aliphatic heterocycles. The number of rotatable bonds is 4. The number of benzene rings is 2. The summed E-state index contributed by atoms with van der Waals surface area (Å²) in [5, 5.41) is 0.103. The summed E-state index contributed by atoms with van der Waals surface area (Å²) in [7, 11) is -2.11. The predicted octanol–water partition coefficient (Wildman–Crippen LogP) is 5.15. The topological polar surface area (TPSA) is 80.8 Å². The highest BCUT2D eigenvalue weighted by Gasteiger charge is 2.42. The lowest BCUT2D eigenvalue weighted by Crippen LogP contribution is -2.37. The van der Waals surface area contributed by atoms with E-state index in [4.69, 9.17) is 15.8 Å². The van der Waals surface area contributed by atoms with Crippen molar-refractivity contribution >= 4 is 33.3 Å². The molecule has 0 N–H and O–H groups in total. The molecule has 2 aliphatic carbocycles. The molecule has 2 aromatic rings. The number of nitrogens with zero attached hydrogens (tertiary/aromatic N) is 1. The highest BCUT2D eigenvalue weighted by Crippen LogP contribution is 2.49. The zero-order valence-corrected chi connectivity index (χ0v) is 20.3. The van der Waals surface area contributed by atoms with Crippen molar-refractivity contribution in [3.8, 4) is 5.75 Å². The van der Waals surface area contributed by atoms with E-state index in [-0.39, 0.29) is 27.2 Å². The standard InChI is InChI=1S/C26H24ClNO5S/c1-28-19-9-5-11-21(29)25(19)24(26-20(28)10-6-12-22(26)30)16-13-14-23(18(27)15-16)33-34(31,32)17-7-3-2-4-8-17/h2-4,7-8,13-15,24H,5-6,9-12H2,1H3. The Morgan fingerprint density at radius 1 is 0.882 bits per heavy atom. The highest BCUT2D eigenvalue weighted by molar-refractivity contribution is 7.87. The zero-order chi connectivity index (χ0) is 24.0. The molecule has 5 rings (SSSR count). The van der Waals surface area contributed by atoms with Crippen LogP contribution in [0, 0.1) is 0 Å². The molecule has 3 aliphatic rings. The lowest BCUT2D eigenvalue weighted by molar-refractivity contribution is -0.117. The molecule has 0 saturated heterocycles. The Morgan fingerprint density at radius 3 is 2.03 bits per heavy atom. The minimum absolute atomic E-state index is 0.00413. The molecule has 0 amide bonds. The summed E-state index contributed by atoms with van der Waals surface area (Å²) in [5.41, 5.74) is 3.94. The number of hydrogen-bond donors (Lipinski definition) is 0. The van der Waals surface area contributed by atoms with Crippen molar-refractivity contribution in [2.45, 2.75) is 49.3 Å². The second-order valence-corrected chi connectivity index (χ2v) is 10.8. The molecule has 0 saturated carbocycles. The van der Waals surface area contributed by atoms with Crippen LogP contribution in [0.4, 0.5) is 0 Å². The van der Waals surface area contributed by atoms with E-state index in [1.165, 1.54) is 18.2 Å². The number of Topliss-reactive ketones (excluding diaryl/α,β-unsaturated/α-hetero) is 2. The average Bonchev–Trinajstić information content (AvgIpc) is 2.82. The number of carbonyl (C=O) groups is 2. The molecule has 1 heterocycles. The third-order valence-electron chi connectivity index (χ3n) is 6.77. The SMILES string of the molecule is CN1C2=C(C(=O)CCC2)C(c2ccc(OS(=O)(=O)c3ccccc3)c(Cl)c2)C2=C1CCCC2=O. The number of ketones is 2. The van der Waals surface area contributed by atoms with Gasteiger partial charge in [-0.25, -0.2) is 0 Å². The maximum absolute atomic E-state index is 13.1. The Hall–Kier alpha value is -2.90. The summed E-state index contributed by atoms with van der Waals surface area (Å²) in [6.45, 7) is 0. The third kappa shape index (κ3) is 3.87. The van der Waals surface area contributed by atoms with Crippen molar-refractivity contribution in [3.05, 3.63) is 81.7 Å². The van der Waals surface area contributed by atoms with Crippen LogP contribution in [0.25, 0.3) is 0 Å². The van der Waals surface area contributed by atoms with E-state index >= 15 is 0 Å². The largest absolute Gasteiger partial charge is 0.377 e. The van der Waals surface area contributed by atoms with Crippen LogP contribution in [-0.4, -0.2) is 31.9 Å². The van der Waals surface area contributed by atoms with Crippen molar-refractivity contribution in [3.63, 3.8) is 0 Å². The maximum atomic E-state index is 13.1. The van der Waals surface area contributed by atoms with Gasteiger partial charge in [0, 0.05) is 48.3 Å². The van der Waals surface area contributed by atoms with Gasteiger partial charge < -0.3 is 9.08 Å². The maximum Gasteiger partial charge on any atom is 0.339 e. The molecule has 0 bridgehead atoms. The van der Waals surface area contributed by atoms with Crippen LogP contribution in [0.15, 0.2) is 76.0 Å². The van der Waals surface area contributed by atoms with Gasteiger partial charge >= 0.3 is 10.1 Å². The molecule has 8 heteroatoms. The Kier molecular flexibility index (Phi) is 5.86. The van der Waals surface area contributed by atoms with Gasteiger partial charge in [-0.3, -0.25) is 9.59 Å². The first kappa shape index (κ1) is 22.9. The van der Waals surface area contributed by atoms with Gasteiger partial charge in [0.1, 0.15) is 4.90 Å². The fourth-order valence-electron chi connectivity index (χ4n) is 5.20. The Balaban J connectivity index is 1.57. The summed E-state index contributed by atoms with van der Waals surface area (Å²) in [6, 6.07) is 12.6. The van der Waals surface area contributed by atoms with Crippen molar-refractivity contribution in [2.75, 3.05) is 7.05 Å². The molecule has 0 spiro atoms. The van der Waals surface area contributed by atoms with Gasteiger partial charge in [-0.2, -0.15) is 8.42 Å². The monoisotopic (exact) mass is 497 g/mol. The van der Waals surface area contributed by atoms with Gasteiger partial charge in [-0.15, -0.1) is 0 Å². The molecule has 34 heavy (non-hydrogen) atoms. The lowest BCUT2D eigenvalue weighted by Gasteiger charge is -2.42. The van der Waals surface area contributed by atoms with Crippen LogP contribution in [0.5, 0.6) is 5.75 Å². The number of hydrogen-bond acceptors (Lipinski definition) is 6. The normalized spacial score (nSPS) is 19.3. The molecule has 0 aromatic heterocycles. The van der Waals surface area contributed by atoms with E-state index in [9.17, 15) is 18.0 Å². The van der Waals surface area contributed by atoms with Gasteiger partial charge in [-0.05, 0) is 55.5 Å². The average molecular weight is 498 g/mol. The molecule has 0 atom stereocenters. The van der Waals surface area contributed by atoms with E-state index in [1.54, 1.807) is 30.3 Å². The van der Waals surface area contributed by atoms with Crippen molar-refractivity contribution in [2.24, 2.45) is 0 Å². The minimum atomic E-state index is -4.05.